The Morgan fingerprint density at radius 1 is 1.38 bits per heavy atom. The van der Waals surface area contributed by atoms with Crippen LogP contribution in [0.25, 0.3) is 17.0 Å². The summed E-state index contributed by atoms with van der Waals surface area (Å²) in [7, 11) is 1.62. The minimum absolute atomic E-state index is 0.0591. The van der Waals surface area contributed by atoms with Gasteiger partial charge in [0.15, 0.2) is 0 Å². The molecular weight excluding hydrogens is 328 g/mol. The van der Waals surface area contributed by atoms with Gasteiger partial charge in [0.2, 0.25) is 11.8 Å². The number of hydrogen-bond donors (Lipinski definition) is 1. The third kappa shape index (κ3) is 4.31. The van der Waals surface area contributed by atoms with E-state index in [1.165, 1.54) is 11.0 Å². The van der Waals surface area contributed by atoms with Crippen molar-refractivity contribution in [3.8, 4) is 6.07 Å². The molecule has 0 bridgehead atoms. The lowest BCUT2D eigenvalue weighted by molar-refractivity contribution is -0.131. The van der Waals surface area contributed by atoms with Crippen molar-refractivity contribution in [2.75, 3.05) is 13.6 Å². The molecule has 6 heteroatoms. The SMILES string of the molecule is CN(CC(=O)NC1CC1)C(=O)/C=C/c1cn(CCC#N)c2ccccc12. The van der Waals surface area contributed by atoms with Gasteiger partial charge in [-0.1, -0.05) is 18.2 Å². The number of para-hydroxylation sites is 1. The predicted molar refractivity (Wildman–Crippen MR) is 100 cm³/mol. The number of rotatable bonds is 7. The van der Waals surface area contributed by atoms with Crippen LogP contribution in [0.1, 0.15) is 24.8 Å². The highest BCUT2D eigenvalue weighted by Gasteiger charge is 2.24. The summed E-state index contributed by atoms with van der Waals surface area (Å²) in [4.78, 5) is 25.5. The Morgan fingerprint density at radius 2 is 2.15 bits per heavy atom. The molecular formula is C20H22N4O2. The number of carbonyl (C=O) groups excluding carboxylic acids is 2. The van der Waals surface area contributed by atoms with E-state index in [1.54, 1.807) is 13.1 Å². The Bertz CT molecular complexity index is 887. The van der Waals surface area contributed by atoms with Gasteiger partial charge in [0.25, 0.3) is 0 Å². The molecule has 1 saturated carbocycles. The van der Waals surface area contributed by atoms with E-state index in [2.05, 4.69) is 11.4 Å². The van der Waals surface area contributed by atoms with E-state index < -0.39 is 0 Å². The van der Waals surface area contributed by atoms with Gasteiger partial charge in [-0.3, -0.25) is 9.59 Å². The molecule has 0 aliphatic heterocycles. The van der Waals surface area contributed by atoms with Gasteiger partial charge in [-0.25, -0.2) is 0 Å². The Kier molecular flexibility index (Phi) is 5.37. The van der Waals surface area contributed by atoms with Crippen LogP contribution in [0.4, 0.5) is 0 Å². The van der Waals surface area contributed by atoms with Crippen LogP contribution in [0.2, 0.25) is 0 Å². The second-order valence-electron chi connectivity index (χ2n) is 6.57. The van der Waals surface area contributed by atoms with Crippen molar-refractivity contribution in [2.45, 2.75) is 31.8 Å². The van der Waals surface area contributed by atoms with Gasteiger partial charge in [0.05, 0.1) is 19.0 Å². The molecule has 1 aliphatic rings. The fourth-order valence-corrected chi connectivity index (χ4v) is 2.85. The van der Waals surface area contributed by atoms with Gasteiger partial charge >= 0.3 is 0 Å². The smallest absolute Gasteiger partial charge is 0.246 e. The number of carbonyl (C=O) groups is 2. The van der Waals surface area contributed by atoms with Crippen LogP contribution in [-0.2, 0) is 16.1 Å². The highest BCUT2D eigenvalue weighted by molar-refractivity contribution is 5.97. The number of nitrogens with one attached hydrogen (secondary N) is 1. The number of aromatic nitrogens is 1. The molecule has 0 saturated heterocycles. The third-order valence-electron chi connectivity index (χ3n) is 4.39. The lowest BCUT2D eigenvalue weighted by Gasteiger charge is -2.14. The van der Waals surface area contributed by atoms with E-state index in [9.17, 15) is 9.59 Å². The molecule has 6 nitrogen and oxygen atoms in total. The monoisotopic (exact) mass is 350 g/mol. The fourth-order valence-electron chi connectivity index (χ4n) is 2.85. The molecule has 1 aliphatic carbocycles. The van der Waals surface area contributed by atoms with Gasteiger partial charge in [-0.05, 0) is 25.0 Å². The second kappa shape index (κ2) is 7.87. The normalized spacial score (nSPS) is 13.7. The first-order chi connectivity index (χ1) is 12.6. The summed E-state index contributed by atoms with van der Waals surface area (Å²) < 4.78 is 2.02. The topological polar surface area (TPSA) is 78.1 Å². The van der Waals surface area contributed by atoms with Crippen molar-refractivity contribution in [3.63, 3.8) is 0 Å². The molecule has 1 N–H and O–H groups in total. The van der Waals surface area contributed by atoms with Gasteiger partial charge in [0, 0.05) is 48.4 Å². The zero-order chi connectivity index (χ0) is 18.5. The average Bonchev–Trinajstić information content (AvgIpc) is 3.37. The van der Waals surface area contributed by atoms with Crippen molar-refractivity contribution in [1.82, 2.24) is 14.8 Å². The van der Waals surface area contributed by atoms with Gasteiger partial charge in [0.1, 0.15) is 0 Å². The summed E-state index contributed by atoms with van der Waals surface area (Å²) >= 11 is 0. The second-order valence-corrected chi connectivity index (χ2v) is 6.57. The first-order valence-electron chi connectivity index (χ1n) is 8.76. The van der Waals surface area contributed by atoms with Crippen LogP contribution >= 0.6 is 0 Å². The van der Waals surface area contributed by atoms with E-state index in [0.29, 0.717) is 19.0 Å². The van der Waals surface area contributed by atoms with Gasteiger partial charge in [-0.2, -0.15) is 5.26 Å². The lowest BCUT2D eigenvalue weighted by atomic mass is 10.1. The standard InChI is InChI=1S/C20H22N4O2/c1-23(14-19(25)22-16-8-9-16)20(26)10-7-15-13-24(12-4-11-21)18-6-3-2-5-17(15)18/h2-3,5-7,10,13,16H,4,8-9,12,14H2,1H3,(H,22,25)/b10-7+. The molecule has 26 heavy (non-hydrogen) atoms. The number of nitriles is 1. The van der Waals surface area contributed by atoms with Crippen molar-refractivity contribution in [3.05, 3.63) is 42.1 Å². The van der Waals surface area contributed by atoms with Crippen LogP contribution in [0.15, 0.2) is 36.5 Å². The van der Waals surface area contributed by atoms with E-state index in [1.807, 2.05) is 35.0 Å². The number of nitrogens with zero attached hydrogens (tertiary/aromatic N) is 3. The molecule has 1 heterocycles. The highest BCUT2D eigenvalue weighted by atomic mass is 16.2. The summed E-state index contributed by atoms with van der Waals surface area (Å²) in [6, 6.07) is 10.3. The van der Waals surface area contributed by atoms with Crippen molar-refractivity contribution < 1.29 is 9.59 Å². The molecule has 0 atom stereocenters. The number of fused-ring (bicyclic) bond motifs is 1. The average molecular weight is 350 g/mol. The van der Waals surface area contributed by atoms with Gasteiger partial charge < -0.3 is 14.8 Å². The van der Waals surface area contributed by atoms with E-state index in [-0.39, 0.29) is 18.4 Å². The molecule has 1 aromatic carbocycles. The zero-order valence-electron chi connectivity index (χ0n) is 14.8. The molecule has 0 radical (unpaired) electrons. The maximum atomic E-state index is 12.3. The minimum Gasteiger partial charge on any atom is -0.352 e. The van der Waals surface area contributed by atoms with Crippen molar-refractivity contribution in [2.24, 2.45) is 0 Å². The first kappa shape index (κ1) is 17.7. The molecule has 2 amide bonds. The first-order valence-corrected chi connectivity index (χ1v) is 8.76. The van der Waals surface area contributed by atoms with Crippen LogP contribution in [0.5, 0.6) is 0 Å². The van der Waals surface area contributed by atoms with Crippen molar-refractivity contribution in [1.29, 1.82) is 5.26 Å². The molecule has 134 valence electrons. The van der Waals surface area contributed by atoms with E-state index >= 15 is 0 Å². The molecule has 2 aromatic rings. The Balaban J connectivity index is 1.69. The van der Waals surface area contributed by atoms with Crippen LogP contribution < -0.4 is 5.32 Å². The Morgan fingerprint density at radius 3 is 2.88 bits per heavy atom. The largest absolute Gasteiger partial charge is 0.352 e. The van der Waals surface area contributed by atoms with E-state index in [4.69, 9.17) is 5.26 Å². The number of likely N-dealkylation sites (N-methyl/N-ethyl adjacent to an activating group) is 1. The molecule has 1 fully saturated rings. The summed E-state index contributed by atoms with van der Waals surface area (Å²) in [6.07, 6.45) is 7.69. The maximum Gasteiger partial charge on any atom is 0.246 e. The Hall–Kier alpha value is -3.07. The summed E-state index contributed by atoms with van der Waals surface area (Å²) in [5, 5.41) is 12.7. The van der Waals surface area contributed by atoms with Crippen LogP contribution in [0.3, 0.4) is 0 Å². The van der Waals surface area contributed by atoms with Crippen LogP contribution in [0, 0.1) is 11.3 Å². The molecule has 0 spiro atoms. The van der Waals surface area contributed by atoms with Gasteiger partial charge in [-0.15, -0.1) is 0 Å². The number of amides is 2. The number of aryl methyl sites for hydroxylation is 1. The van der Waals surface area contributed by atoms with Crippen LogP contribution in [-0.4, -0.2) is 40.9 Å². The molecule has 3 rings (SSSR count). The van der Waals surface area contributed by atoms with E-state index in [0.717, 1.165) is 29.3 Å². The zero-order valence-corrected chi connectivity index (χ0v) is 14.8. The minimum atomic E-state index is -0.218. The lowest BCUT2D eigenvalue weighted by Crippen LogP contribution is -2.38. The predicted octanol–water partition coefficient (Wildman–Crippen LogP) is 2.31. The number of hydrogen-bond acceptors (Lipinski definition) is 3. The highest BCUT2D eigenvalue weighted by Crippen LogP contribution is 2.23. The quantitative estimate of drug-likeness (QED) is 0.778. The van der Waals surface area contributed by atoms with Crippen molar-refractivity contribution >= 4 is 28.8 Å². The maximum absolute atomic E-state index is 12.3. The molecule has 0 unspecified atom stereocenters. The third-order valence-corrected chi connectivity index (χ3v) is 4.39. The summed E-state index contributed by atoms with van der Waals surface area (Å²) in [6.45, 7) is 0.670. The summed E-state index contributed by atoms with van der Waals surface area (Å²) in [5.74, 6) is -0.338. The summed E-state index contributed by atoms with van der Waals surface area (Å²) in [5.41, 5.74) is 1.95. The molecule has 1 aromatic heterocycles. The number of benzene rings is 1. The Labute approximate surface area is 152 Å². The fraction of sp³-hybridized carbons (Fsp3) is 0.350.